The summed E-state index contributed by atoms with van der Waals surface area (Å²) in [6, 6.07) is 0.707. The smallest absolute Gasteiger partial charge is 0.347 e. The van der Waals surface area contributed by atoms with E-state index in [0.717, 1.165) is 7.05 Å². The molecule has 0 aliphatic heterocycles. The van der Waals surface area contributed by atoms with Crippen LogP contribution in [0, 0.1) is 0 Å². The van der Waals surface area contributed by atoms with E-state index in [0.29, 0.717) is 10.7 Å². The highest BCUT2D eigenvalue weighted by Crippen LogP contribution is 2.29. The van der Waals surface area contributed by atoms with Crippen molar-refractivity contribution in [2.24, 2.45) is 7.05 Å². The van der Waals surface area contributed by atoms with Crippen LogP contribution in [-0.2, 0) is 13.2 Å². The van der Waals surface area contributed by atoms with Gasteiger partial charge in [-0.2, -0.15) is 18.3 Å². The quantitative estimate of drug-likeness (QED) is 0.801. The number of halogens is 3. The third-order valence-corrected chi connectivity index (χ3v) is 1.81. The molecule has 0 saturated carbocycles. The van der Waals surface area contributed by atoms with Gasteiger partial charge < -0.3 is 5.32 Å². The first-order chi connectivity index (χ1) is 7.36. The van der Waals surface area contributed by atoms with Crippen LogP contribution in [0.2, 0.25) is 0 Å². The fourth-order valence-corrected chi connectivity index (χ4v) is 1.10. The minimum absolute atomic E-state index is 0.177. The molecule has 1 N–H and O–H groups in total. The van der Waals surface area contributed by atoms with Crippen LogP contribution in [-0.4, -0.2) is 22.2 Å². The number of aryl methyl sites for hydroxylation is 1. The number of nitrogens with zero attached hydrogens (tertiary/aromatic N) is 2. The largest absolute Gasteiger partial charge is 0.433 e. The zero-order valence-electron chi connectivity index (χ0n) is 8.51. The van der Waals surface area contributed by atoms with Gasteiger partial charge in [0.15, 0.2) is 5.69 Å². The zero-order valence-corrected chi connectivity index (χ0v) is 8.51. The molecule has 0 radical (unpaired) electrons. The zero-order chi connectivity index (χ0) is 12.3. The lowest BCUT2D eigenvalue weighted by Gasteiger charge is -2.04. The Balaban J connectivity index is 2.92. The van der Waals surface area contributed by atoms with E-state index < -0.39 is 17.8 Å². The van der Waals surface area contributed by atoms with Crippen molar-refractivity contribution in [1.29, 1.82) is 0 Å². The summed E-state index contributed by atoms with van der Waals surface area (Å²) in [5.41, 5.74) is -1.23. The normalized spacial score (nSPS) is 11.2. The Morgan fingerprint density at radius 2 is 2.31 bits per heavy atom. The van der Waals surface area contributed by atoms with E-state index in [4.69, 9.17) is 0 Å². The number of nitrogens with one attached hydrogen (secondary N) is 1. The standard InChI is InChI=1S/C9H10F3N3O/c1-3-4-13-8(16)6-5-7(9(10,11)12)15(2)14-6/h3,5H,1,4H2,2H3,(H,13,16). The number of rotatable bonds is 3. The average Bonchev–Trinajstić information content (AvgIpc) is 2.56. The molecule has 0 fully saturated rings. The molecule has 0 atom stereocenters. The molecule has 16 heavy (non-hydrogen) atoms. The van der Waals surface area contributed by atoms with Crippen molar-refractivity contribution in [3.05, 3.63) is 30.1 Å². The van der Waals surface area contributed by atoms with Gasteiger partial charge in [-0.1, -0.05) is 6.08 Å². The Kier molecular flexibility index (Phi) is 3.36. The second-order valence-corrected chi connectivity index (χ2v) is 3.03. The van der Waals surface area contributed by atoms with Crippen molar-refractivity contribution in [3.63, 3.8) is 0 Å². The van der Waals surface area contributed by atoms with E-state index in [2.05, 4.69) is 17.0 Å². The minimum atomic E-state index is -4.52. The molecule has 7 heteroatoms. The summed E-state index contributed by atoms with van der Waals surface area (Å²) < 4.78 is 37.7. The summed E-state index contributed by atoms with van der Waals surface area (Å²) >= 11 is 0. The van der Waals surface area contributed by atoms with Crippen molar-refractivity contribution < 1.29 is 18.0 Å². The van der Waals surface area contributed by atoms with Crippen LogP contribution in [0.5, 0.6) is 0 Å². The minimum Gasteiger partial charge on any atom is -0.347 e. The molecule has 0 bridgehead atoms. The van der Waals surface area contributed by atoms with Gasteiger partial charge in [-0.05, 0) is 0 Å². The molecular formula is C9H10F3N3O. The predicted octanol–water partition coefficient (Wildman–Crippen LogP) is 1.35. The van der Waals surface area contributed by atoms with E-state index in [1.54, 1.807) is 0 Å². The summed E-state index contributed by atoms with van der Waals surface area (Å²) in [7, 11) is 1.13. The topological polar surface area (TPSA) is 46.9 Å². The third kappa shape index (κ3) is 2.62. The molecule has 0 aliphatic carbocycles. The molecule has 1 amide bonds. The summed E-state index contributed by atoms with van der Waals surface area (Å²) in [5, 5.41) is 5.82. The van der Waals surface area contributed by atoms with Gasteiger partial charge in [0.1, 0.15) is 5.69 Å². The number of alkyl halides is 3. The Bertz CT molecular complexity index is 409. The van der Waals surface area contributed by atoms with Gasteiger partial charge in [-0.25, -0.2) is 0 Å². The number of amides is 1. The van der Waals surface area contributed by atoms with Crippen molar-refractivity contribution in [2.75, 3.05) is 6.54 Å². The molecule has 0 aliphatic rings. The Labute approximate surface area is 89.7 Å². The lowest BCUT2D eigenvalue weighted by atomic mass is 10.3. The SMILES string of the molecule is C=CCNC(=O)c1cc(C(F)(F)F)n(C)n1. The predicted molar refractivity (Wildman–Crippen MR) is 50.7 cm³/mol. The number of hydrogen-bond donors (Lipinski definition) is 1. The maximum Gasteiger partial charge on any atom is 0.433 e. The van der Waals surface area contributed by atoms with Gasteiger partial charge in [0.25, 0.3) is 5.91 Å². The highest BCUT2D eigenvalue weighted by Gasteiger charge is 2.35. The molecule has 4 nitrogen and oxygen atoms in total. The van der Waals surface area contributed by atoms with Crippen LogP contribution in [0.4, 0.5) is 13.2 Å². The number of hydrogen-bond acceptors (Lipinski definition) is 2. The Morgan fingerprint density at radius 3 is 2.75 bits per heavy atom. The summed E-state index contributed by atoms with van der Waals surface area (Å²) in [6.07, 6.45) is -3.09. The second kappa shape index (κ2) is 4.38. The summed E-state index contributed by atoms with van der Waals surface area (Å²) in [4.78, 5) is 11.3. The van der Waals surface area contributed by atoms with Crippen molar-refractivity contribution >= 4 is 5.91 Å². The molecule has 1 aromatic heterocycles. The van der Waals surface area contributed by atoms with Crippen LogP contribution >= 0.6 is 0 Å². The van der Waals surface area contributed by atoms with Crippen molar-refractivity contribution in [3.8, 4) is 0 Å². The van der Waals surface area contributed by atoms with Gasteiger partial charge in [0, 0.05) is 19.7 Å². The van der Waals surface area contributed by atoms with E-state index >= 15 is 0 Å². The van der Waals surface area contributed by atoms with E-state index in [1.165, 1.54) is 6.08 Å². The molecule has 88 valence electrons. The molecule has 1 heterocycles. The fourth-order valence-electron chi connectivity index (χ4n) is 1.10. The highest BCUT2D eigenvalue weighted by molar-refractivity contribution is 5.92. The first kappa shape index (κ1) is 12.3. The first-order valence-corrected chi connectivity index (χ1v) is 4.36. The summed E-state index contributed by atoms with van der Waals surface area (Å²) in [6.45, 7) is 3.55. The Morgan fingerprint density at radius 1 is 1.69 bits per heavy atom. The first-order valence-electron chi connectivity index (χ1n) is 4.36. The van der Waals surface area contributed by atoms with E-state index in [9.17, 15) is 18.0 Å². The van der Waals surface area contributed by atoms with Gasteiger partial charge >= 0.3 is 6.18 Å². The maximum atomic E-state index is 12.4. The van der Waals surface area contributed by atoms with Crippen molar-refractivity contribution in [1.82, 2.24) is 15.1 Å². The molecule has 0 aromatic carbocycles. The highest BCUT2D eigenvalue weighted by atomic mass is 19.4. The number of carbonyl (C=O) groups excluding carboxylic acids is 1. The monoisotopic (exact) mass is 233 g/mol. The van der Waals surface area contributed by atoms with Crippen LogP contribution in [0.3, 0.4) is 0 Å². The van der Waals surface area contributed by atoms with Crippen LogP contribution in [0.1, 0.15) is 16.2 Å². The fraction of sp³-hybridized carbons (Fsp3) is 0.333. The van der Waals surface area contributed by atoms with E-state index in [-0.39, 0.29) is 12.2 Å². The maximum absolute atomic E-state index is 12.4. The summed E-state index contributed by atoms with van der Waals surface area (Å²) in [5.74, 6) is -0.661. The average molecular weight is 233 g/mol. The van der Waals surface area contributed by atoms with Crippen LogP contribution in [0.15, 0.2) is 18.7 Å². The van der Waals surface area contributed by atoms with Gasteiger partial charge in [-0.3, -0.25) is 9.48 Å². The van der Waals surface area contributed by atoms with Gasteiger partial charge in [0.05, 0.1) is 0 Å². The lowest BCUT2D eigenvalue weighted by molar-refractivity contribution is -0.143. The van der Waals surface area contributed by atoms with Crippen LogP contribution < -0.4 is 5.32 Å². The number of carbonyl (C=O) groups is 1. The number of aromatic nitrogens is 2. The lowest BCUT2D eigenvalue weighted by Crippen LogP contribution is -2.23. The van der Waals surface area contributed by atoms with Crippen LogP contribution in [0.25, 0.3) is 0 Å². The third-order valence-electron chi connectivity index (χ3n) is 1.81. The Hall–Kier alpha value is -1.79. The molecule has 1 aromatic rings. The molecule has 0 unspecified atom stereocenters. The van der Waals surface area contributed by atoms with E-state index in [1.807, 2.05) is 0 Å². The van der Waals surface area contributed by atoms with Gasteiger partial charge in [-0.15, -0.1) is 6.58 Å². The molecule has 1 rings (SSSR count). The molecule has 0 saturated heterocycles. The molecular weight excluding hydrogens is 223 g/mol. The van der Waals surface area contributed by atoms with Crippen molar-refractivity contribution in [2.45, 2.75) is 6.18 Å². The second-order valence-electron chi connectivity index (χ2n) is 3.03. The van der Waals surface area contributed by atoms with Gasteiger partial charge in [0.2, 0.25) is 0 Å². The molecule has 0 spiro atoms.